The number of rotatable bonds is 6. The Morgan fingerprint density at radius 1 is 1.32 bits per heavy atom. The minimum absolute atomic E-state index is 0.113. The van der Waals surface area contributed by atoms with Gasteiger partial charge in [0.05, 0.1) is 34.3 Å². The van der Waals surface area contributed by atoms with E-state index in [4.69, 9.17) is 0 Å². The van der Waals surface area contributed by atoms with Crippen LogP contribution in [0.15, 0.2) is 36.8 Å². The van der Waals surface area contributed by atoms with Crippen molar-refractivity contribution in [1.29, 1.82) is 0 Å². The second-order valence-corrected chi connectivity index (χ2v) is 7.09. The van der Waals surface area contributed by atoms with Crippen LogP contribution in [0.25, 0.3) is 22.0 Å². The van der Waals surface area contributed by atoms with Gasteiger partial charge in [0.25, 0.3) is 5.69 Å². The van der Waals surface area contributed by atoms with Crippen molar-refractivity contribution in [3.05, 3.63) is 52.5 Å². The maximum absolute atomic E-state index is 11.8. The number of hydrogen-bond donors (Lipinski definition) is 1. The quantitative estimate of drug-likeness (QED) is 0.394. The number of methoxy groups -OCH3 is 1. The van der Waals surface area contributed by atoms with E-state index in [9.17, 15) is 20.0 Å². The van der Waals surface area contributed by atoms with E-state index in [1.165, 1.54) is 31.6 Å². The van der Waals surface area contributed by atoms with Crippen LogP contribution in [0.1, 0.15) is 30.6 Å². The Balaban J connectivity index is 2.07. The van der Waals surface area contributed by atoms with Crippen molar-refractivity contribution >= 4 is 22.6 Å². The molecule has 0 fully saturated rings. The molecular formula is C19H20N4O5. The number of nitrogens with zero attached hydrogens (tertiary/aromatic N) is 4. The van der Waals surface area contributed by atoms with Crippen molar-refractivity contribution < 1.29 is 19.6 Å². The molecule has 3 aromatic rings. The fourth-order valence-corrected chi connectivity index (χ4v) is 2.81. The maximum Gasteiger partial charge on any atom is 0.339 e. The molecule has 1 aromatic carbocycles. The SMILES string of the molecule is COC(=O)c1cncc(-c2cc3nn(CCC(C)(C)O)cc3cc2[N+](=O)[O-])c1. The van der Waals surface area contributed by atoms with Crippen molar-refractivity contribution in [2.24, 2.45) is 0 Å². The summed E-state index contributed by atoms with van der Waals surface area (Å²) in [6.07, 6.45) is 4.99. The Labute approximate surface area is 160 Å². The number of aryl methyl sites for hydroxylation is 1. The van der Waals surface area contributed by atoms with E-state index >= 15 is 0 Å². The van der Waals surface area contributed by atoms with E-state index in [-0.39, 0.29) is 11.3 Å². The first kappa shape index (κ1) is 19.4. The molecule has 9 heteroatoms. The summed E-state index contributed by atoms with van der Waals surface area (Å²) < 4.78 is 6.34. The molecule has 0 atom stereocenters. The van der Waals surface area contributed by atoms with Crippen LogP contribution < -0.4 is 0 Å². The first-order valence-corrected chi connectivity index (χ1v) is 8.59. The number of carbonyl (C=O) groups is 1. The monoisotopic (exact) mass is 384 g/mol. The van der Waals surface area contributed by atoms with Crippen LogP contribution in [0.3, 0.4) is 0 Å². The van der Waals surface area contributed by atoms with Crippen LogP contribution in [0.2, 0.25) is 0 Å². The van der Waals surface area contributed by atoms with Crippen LogP contribution in [0.5, 0.6) is 0 Å². The topological polar surface area (TPSA) is 120 Å². The fraction of sp³-hybridized carbons (Fsp3) is 0.316. The Kier molecular flexibility index (Phi) is 5.10. The summed E-state index contributed by atoms with van der Waals surface area (Å²) in [5.74, 6) is -0.575. The Bertz CT molecular complexity index is 1050. The summed E-state index contributed by atoms with van der Waals surface area (Å²) in [4.78, 5) is 26.9. The van der Waals surface area contributed by atoms with Crippen LogP contribution >= 0.6 is 0 Å². The van der Waals surface area contributed by atoms with Gasteiger partial charge in [0.2, 0.25) is 0 Å². The lowest BCUT2D eigenvalue weighted by Crippen LogP contribution is -2.21. The van der Waals surface area contributed by atoms with Gasteiger partial charge in [-0.25, -0.2) is 4.79 Å². The van der Waals surface area contributed by atoms with Crippen molar-refractivity contribution in [1.82, 2.24) is 14.8 Å². The first-order chi connectivity index (χ1) is 13.2. The third-order valence-corrected chi connectivity index (χ3v) is 4.29. The predicted octanol–water partition coefficient (Wildman–Crippen LogP) is 2.95. The maximum atomic E-state index is 11.8. The molecule has 0 spiro atoms. The number of pyridine rings is 1. The number of nitro groups is 1. The van der Waals surface area contributed by atoms with Crippen molar-refractivity contribution in [3.8, 4) is 11.1 Å². The van der Waals surface area contributed by atoms with Gasteiger partial charge >= 0.3 is 5.97 Å². The third-order valence-electron chi connectivity index (χ3n) is 4.29. The summed E-state index contributed by atoms with van der Waals surface area (Å²) >= 11 is 0. The molecular weight excluding hydrogens is 364 g/mol. The van der Waals surface area contributed by atoms with Gasteiger partial charge in [0.15, 0.2) is 0 Å². The molecule has 3 rings (SSSR count). The number of hydrogen-bond acceptors (Lipinski definition) is 7. The number of ether oxygens (including phenoxy) is 1. The highest BCUT2D eigenvalue weighted by Crippen LogP contribution is 2.34. The minimum Gasteiger partial charge on any atom is -0.465 e. The minimum atomic E-state index is -0.838. The van der Waals surface area contributed by atoms with Gasteiger partial charge in [-0.1, -0.05) is 0 Å². The second-order valence-electron chi connectivity index (χ2n) is 7.09. The van der Waals surface area contributed by atoms with Crippen LogP contribution in [-0.2, 0) is 11.3 Å². The molecule has 2 aromatic heterocycles. The second kappa shape index (κ2) is 7.35. The molecule has 0 aliphatic heterocycles. The van der Waals surface area contributed by atoms with Gasteiger partial charge in [-0.05, 0) is 32.4 Å². The highest BCUT2D eigenvalue weighted by Gasteiger charge is 2.20. The Morgan fingerprint density at radius 2 is 2.07 bits per heavy atom. The molecule has 0 saturated heterocycles. The van der Waals surface area contributed by atoms with Gasteiger partial charge in [-0.15, -0.1) is 0 Å². The summed E-state index contributed by atoms with van der Waals surface area (Å²) in [6, 6.07) is 4.55. The molecule has 9 nitrogen and oxygen atoms in total. The number of aromatic nitrogens is 3. The van der Waals surface area contributed by atoms with Gasteiger partial charge in [-0.3, -0.25) is 19.8 Å². The summed E-state index contributed by atoms with van der Waals surface area (Å²) in [5, 5.41) is 26.6. The molecule has 0 amide bonds. The summed E-state index contributed by atoms with van der Waals surface area (Å²) in [7, 11) is 1.25. The average Bonchev–Trinajstić information content (AvgIpc) is 3.06. The molecule has 1 N–H and O–H groups in total. The molecule has 0 radical (unpaired) electrons. The van der Waals surface area contributed by atoms with Gasteiger partial charge in [0.1, 0.15) is 0 Å². The molecule has 0 aliphatic carbocycles. The molecule has 28 heavy (non-hydrogen) atoms. The van der Waals surface area contributed by atoms with Crippen molar-refractivity contribution in [2.75, 3.05) is 7.11 Å². The number of esters is 1. The predicted molar refractivity (Wildman–Crippen MR) is 102 cm³/mol. The molecule has 0 saturated carbocycles. The number of carbonyl (C=O) groups excluding carboxylic acids is 1. The van der Waals surface area contributed by atoms with Gasteiger partial charge in [-0.2, -0.15) is 5.10 Å². The Hall–Kier alpha value is -3.33. The molecule has 146 valence electrons. The van der Waals surface area contributed by atoms with E-state index in [1.807, 2.05) is 0 Å². The lowest BCUT2D eigenvalue weighted by atomic mass is 10.0. The molecule has 0 aliphatic rings. The number of fused-ring (bicyclic) bond motifs is 1. The van der Waals surface area contributed by atoms with Gasteiger partial charge in [0, 0.05) is 42.2 Å². The van der Waals surface area contributed by atoms with Crippen molar-refractivity contribution in [3.63, 3.8) is 0 Å². The largest absolute Gasteiger partial charge is 0.465 e. The fourth-order valence-electron chi connectivity index (χ4n) is 2.81. The zero-order valence-electron chi connectivity index (χ0n) is 15.7. The number of nitro benzene ring substituents is 1. The zero-order chi connectivity index (χ0) is 20.5. The number of aliphatic hydroxyl groups is 1. The normalized spacial score (nSPS) is 11.6. The Morgan fingerprint density at radius 3 is 2.71 bits per heavy atom. The van der Waals surface area contributed by atoms with Crippen LogP contribution in [0.4, 0.5) is 5.69 Å². The standard InChI is InChI=1S/C19H20N4O5/c1-19(2,25)4-5-22-11-14-7-17(23(26)27)15(8-16(14)21-22)12-6-13(10-20-9-12)18(24)28-3/h6-11,25H,4-5H2,1-3H3. The van der Waals surface area contributed by atoms with Gasteiger partial charge < -0.3 is 9.84 Å². The molecule has 0 bridgehead atoms. The highest BCUT2D eigenvalue weighted by molar-refractivity contribution is 5.93. The van der Waals surface area contributed by atoms with E-state index in [1.54, 1.807) is 30.8 Å². The highest BCUT2D eigenvalue weighted by atomic mass is 16.6. The summed E-state index contributed by atoms with van der Waals surface area (Å²) in [6.45, 7) is 3.89. The van der Waals surface area contributed by atoms with E-state index in [2.05, 4.69) is 14.8 Å². The van der Waals surface area contributed by atoms with Crippen LogP contribution in [0, 0.1) is 10.1 Å². The molecule has 2 heterocycles. The molecule has 0 unspecified atom stereocenters. The van der Waals surface area contributed by atoms with E-state index in [0.717, 1.165) is 0 Å². The van der Waals surface area contributed by atoms with E-state index in [0.29, 0.717) is 35.0 Å². The average molecular weight is 384 g/mol. The van der Waals surface area contributed by atoms with E-state index < -0.39 is 16.5 Å². The smallest absolute Gasteiger partial charge is 0.339 e. The zero-order valence-corrected chi connectivity index (χ0v) is 15.7. The first-order valence-electron chi connectivity index (χ1n) is 8.59. The number of benzene rings is 1. The third kappa shape index (κ3) is 4.15. The van der Waals surface area contributed by atoms with Crippen LogP contribution in [-0.4, -0.2) is 43.5 Å². The lowest BCUT2D eigenvalue weighted by Gasteiger charge is -2.16. The van der Waals surface area contributed by atoms with Crippen molar-refractivity contribution in [2.45, 2.75) is 32.4 Å². The lowest BCUT2D eigenvalue weighted by molar-refractivity contribution is -0.384. The summed E-state index contributed by atoms with van der Waals surface area (Å²) in [5.41, 5.74) is 0.546.